The summed E-state index contributed by atoms with van der Waals surface area (Å²) >= 11 is 0. The van der Waals surface area contributed by atoms with E-state index in [4.69, 9.17) is 4.74 Å². The number of benzene rings is 4. The largest absolute Gasteiger partial charge is 0.507 e. The minimum Gasteiger partial charge on any atom is -0.507 e. The van der Waals surface area contributed by atoms with Crippen LogP contribution in [-0.2, 0) is 9.59 Å². The Morgan fingerprint density at radius 2 is 1.59 bits per heavy atom. The van der Waals surface area contributed by atoms with E-state index in [1.54, 1.807) is 37.4 Å². The predicted molar refractivity (Wildman–Crippen MR) is 133 cm³/mol. The highest BCUT2D eigenvalue weighted by Crippen LogP contribution is 2.43. The van der Waals surface area contributed by atoms with E-state index in [1.165, 1.54) is 4.90 Å². The number of amides is 1. The number of nitrogens with zero attached hydrogens (tertiary/aromatic N) is 1. The first-order valence-corrected chi connectivity index (χ1v) is 11.0. The van der Waals surface area contributed by atoms with E-state index in [1.807, 2.05) is 67.6 Å². The molecule has 4 aromatic carbocycles. The van der Waals surface area contributed by atoms with Crippen molar-refractivity contribution in [1.82, 2.24) is 0 Å². The minimum atomic E-state index is -0.778. The van der Waals surface area contributed by atoms with Crippen molar-refractivity contribution >= 4 is 33.9 Å². The molecule has 1 heterocycles. The molecule has 34 heavy (non-hydrogen) atoms. The molecule has 0 aliphatic carbocycles. The highest BCUT2D eigenvalue weighted by Gasteiger charge is 2.47. The first-order valence-electron chi connectivity index (χ1n) is 11.0. The highest BCUT2D eigenvalue weighted by molar-refractivity contribution is 6.51. The zero-order valence-corrected chi connectivity index (χ0v) is 18.9. The summed E-state index contributed by atoms with van der Waals surface area (Å²) in [5.74, 6) is -1.04. The summed E-state index contributed by atoms with van der Waals surface area (Å²) in [7, 11) is 1.55. The Morgan fingerprint density at radius 3 is 2.35 bits per heavy atom. The zero-order chi connectivity index (χ0) is 23.8. The summed E-state index contributed by atoms with van der Waals surface area (Å²) in [6, 6.07) is 27.1. The number of rotatable bonds is 4. The lowest BCUT2D eigenvalue weighted by Crippen LogP contribution is -2.29. The molecule has 5 heteroatoms. The van der Waals surface area contributed by atoms with E-state index in [9.17, 15) is 14.7 Å². The van der Waals surface area contributed by atoms with Gasteiger partial charge < -0.3 is 9.84 Å². The minimum absolute atomic E-state index is 0.0670. The van der Waals surface area contributed by atoms with Crippen molar-refractivity contribution in [2.45, 2.75) is 13.0 Å². The van der Waals surface area contributed by atoms with Crippen LogP contribution in [0.3, 0.4) is 0 Å². The maximum atomic E-state index is 13.4. The molecule has 5 nitrogen and oxygen atoms in total. The van der Waals surface area contributed by atoms with Gasteiger partial charge in [0.1, 0.15) is 11.5 Å². The van der Waals surface area contributed by atoms with E-state index >= 15 is 0 Å². The Bertz CT molecular complexity index is 1470. The SMILES string of the molecule is COc1cccc(N2C(=O)C(=O)/C(=C(/O)c3ccc4ccccc4c3)C2c2ccccc2C)c1. The molecule has 1 unspecified atom stereocenters. The maximum Gasteiger partial charge on any atom is 0.300 e. The third-order valence-corrected chi connectivity index (χ3v) is 6.28. The Morgan fingerprint density at radius 1 is 0.853 bits per heavy atom. The maximum absolute atomic E-state index is 13.4. The van der Waals surface area contributed by atoms with Gasteiger partial charge in [0.15, 0.2) is 0 Å². The van der Waals surface area contributed by atoms with Gasteiger partial charge in [-0.25, -0.2) is 0 Å². The van der Waals surface area contributed by atoms with Gasteiger partial charge in [-0.2, -0.15) is 0 Å². The standard InChI is InChI=1S/C29H23NO4/c1-18-8-3-6-13-24(18)26-25(27(31)21-15-14-19-9-4-5-10-20(19)16-21)28(32)29(33)30(26)22-11-7-12-23(17-22)34-2/h3-17,26,31H,1-2H3/b27-25+. The topological polar surface area (TPSA) is 66.8 Å². The molecule has 1 atom stereocenters. The first kappa shape index (κ1) is 21.5. The fourth-order valence-corrected chi connectivity index (χ4v) is 4.54. The van der Waals surface area contributed by atoms with Crippen LogP contribution in [0.1, 0.15) is 22.7 Å². The van der Waals surface area contributed by atoms with Gasteiger partial charge in [-0.1, -0.05) is 66.7 Å². The van der Waals surface area contributed by atoms with Crippen molar-refractivity contribution < 1.29 is 19.4 Å². The third-order valence-electron chi connectivity index (χ3n) is 6.28. The molecule has 4 aromatic rings. The van der Waals surface area contributed by atoms with Gasteiger partial charge in [0.2, 0.25) is 0 Å². The Kier molecular flexibility index (Phi) is 5.38. The molecule has 1 aliphatic rings. The molecule has 168 valence electrons. The molecule has 1 amide bonds. The number of ether oxygens (including phenoxy) is 1. The van der Waals surface area contributed by atoms with Crippen molar-refractivity contribution in [1.29, 1.82) is 0 Å². The van der Waals surface area contributed by atoms with E-state index in [0.29, 0.717) is 17.0 Å². The van der Waals surface area contributed by atoms with Crippen molar-refractivity contribution in [2.75, 3.05) is 12.0 Å². The van der Waals surface area contributed by atoms with Crippen LogP contribution in [0, 0.1) is 6.92 Å². The van der Waals surface area contributed by atoms with Crippen LogP contribution < -0.4 is 9.64 Å². The van der Waals surface area contributed by atoms with Crippen LogP contribution in [0.25, 0.3) is 16.5 Å². The quantitative estimate of drug-likeness (QED) is 0.244. The average molecular weight is 450 g/mol. The van der Waals surface area contributed by atoms with Gasteiger partial charge in [0, 0.05) is 17.3 Å². The van der Waals surface area contributed by atoms with E-state index in [2.05, 4.69) is 0 Å². The summed E-state index contributed by atoms with van der Waals surface area (Å²) in [6.07, 6.45) is 0. The number of hydrogen-bond donors (Lipinski definition) is 1. The highest BCUT2D eigenvalue weighted by atomic mass is 16.5. The molecule has 5 rings (SSSR count). The molecular weight excluding hydrogens is 426 g/mol. The molecule has 0 bridgehead atoms. The van der Waals surface area contributed by atoms with Crippen molar-refractivity contribution in [3.8, 4) is 5.75 Å². The van der Waals surface area contributed by atoms with E-state index in [0.717, 1.165) is 21.9 Å². The number of carbonyl (C=O) groups excluding carboxylic acids is 2. The first-order chi connectivity index (χ1) is 16.5. The number of Topliss-reactive ketones (excluding diaryl/α,β-unsaturated/α-hetero) is 1. The Hall–Kier alpha value is -4.38. The molecular formula is C29H23NO4. The summed E-state index contributed by atoms with van der Waals surface area (Å²) in [5.41, 5.74) is 2.75. The Balaban J connectivity index is 1.75. The summed E-state index contributed by atoms with van der Waals surface area (Å²) in [4.78, 5) is 28.2. The molecule has 1 N–H and O–H groups in total. The summed E-state index contributed by atoms with van der Waals surface area (Å²) in [5, 5.41) is 13.4. The second-order valence-corrected chi connectivity index (χ2v) is 8.29. The summed E-state index contributed by atoms with van der Waals surface area (Å²) < 4.78 is 5.34. The molecule has 1 fully saturated rings. The molecule has 1 saturated heterocycles. The number of aliphatic hydroxyl groups is 1. The average Bonchev–Trinajstić information content (AvgIpc) is 3.13. The third kappa shape index (κ3) is 3.52. The van der Waals surface area contributed by atoms with Gasteiger partial charge in [0.05, 0.1) is 18.7 Å². The number of anilines is 1. The number of aryl methyl sites for hydroxylation is 1. The lowest BCUT2D eigenvalue weighted by Gasteiger charge is -2.27. The van der Waals surface area contributed by atoms with Gasteiger partial charge in [-0.05, 0) is 47.0 Å². The number of carbonyl (C=O) groups is 2. The molecule has 0 spiro atoms. The monoisotopic (exact) mass is 449 g/mol. The van der Waals surface area contributed by atoms with Crippen LogP contribution in [0.4, 0.5) is 5.69 Å². The second kappa shape index (κ2) is 8.52. The Labute approximate surface area is 197 Å². The van der Waals surface area contributed by atoms with Crippen LogP contribution >= 0.6 is 0 Å². The smallest absolute Gasteiger partial charge is 0.300 e. The van der Waals surface area contributed by atoms with Crippen molar-refractivity contribution in [2.24, 2.45) is 0 Å². The van der Waals surface area contributed by atoms with Crippen molar-refractivity contribution in [3.63, 3.8) is 0 Å². The summed E-state index contributed by atoms with van der Waals surface area (Å²) in [6.45, 7) is 1.93. The van der Waals surface area contributed by atoms with Gasteiger partial charge in [-0.15, -0.1) is 0 Å². The van der Waals surface area contributed by atoms with Crippen LogP contribution in [0.5, 0.6) is 5.75 Å². The van der Waals surface area contributed by atoms with Gasteiger partial charge >= 0.3 is 0 Å². The predicted octanol–water partition coefficient (Wildman–Crippen LogP) is 5.78. The second-order valence-electron chi connectivity index (χ2n) is 8.29. The fourth-order valence-electron chi connectivity index (χ4n) is 4.54. The normalized spacial score (nSPS) is 17.4. The molecule has 0 radical (unpaired) electrons. The zero-order valence-electron chi connectivity index (χ0n) is 18.9. The number of aliphatic hydroxyl groups excluding tert-OH is 1. The lowest BCUT2D eigenvalue weighted by atomic mass is 9.92. The number of ketones is 1. The van der Waals surface area contributed by atoms with Gasteiger partial charge in [-0.3, -0.25) is 14.5 Å². The van der Waals surface area contributed by atoms with E-state index < -0.39 is 17.7 Å². The van der Waals surface area contributed by atoms with Crippen LogP contribution in [0.15, 0.2) is 96.6 Å². The number of hydrogen-bond acceptors (Lipinski definition) is 4. The number of fused-ring (bicyclic) bond motifs is 1. The van der Waals surface area contributed by atoms with Crippen molar-refractivity contribution in [3.05, 3.63) is 113 Å². The van der Waals surface area contributed by atoms with Crippen LogP contribution in [-0.4, -0.2) is 23.9 Å². The van der Waals surface area contributed by atoms with E-state index in [-0.39, 0.29) is 11.3 Å². The lowest BCUT2D eigenvalue weighted by molar-refractivity contribution is -0.132. The fraction of sp³-hybridized carbons (Fsp3) is 0.103. The molecule has 1 aliphatic heterocycles. The van der Waals surface area contributed by atoms with Crippen LogP contribution in [0.2, 0.25) is 0 Å². The number of methoxy groups -OCH3 is 1. The molecule has 0 aromatic heterocycles. The molecule has 0 saturated carbocycles. The van der Waals surface area contributed by atoms with Gasteiger partial charge in [0.25, 0.3) is 11.7 Å².